The van der Waals surface area contributed by atoms with Crippen molar-refractivity contribution in [3.63, 3.8) is 0 Å². The minimum Gasteiger partial charge on any atom is -0.469 e. The molecule has 0 amide bonds. The quantitative estimate of drug-likeness (QED) is 0.796. The van der Waals surface area contributed by atoms with E-state index in [-0.39, 0.29) is 22.2 Å². The van der Waals surface area contributed by atoms with E-state index in [1.54, 1.807) is 0 Å². The van der Waals surface area contributed by atoms with E-state index in [1.165, 1.54) is 19.2 Å². The summed E-state index contributed by atoms with van der Waals surface area (Å²) in [6, 6.07) is 2.60. The largest absolute Gasteiger partial charge is 0.469 e. The first-order valence-electron chi connectivity index (χ1n) is 4.44. The van der Waals surface area contributed by atoms with Crippen molar-refractivity contribution in [1.29, 1.82) is 0 Å². The molecule has 0 spiro atoms. The molecule has 1 aromatic carbocycles. The van der Waals surface area contributed by atoms with Crippen LogP contribution in [-0.4, -0.2) is 19.7 Å². The van der Waals surface area contributed by atoms with Gasteiger partial charge >= 0.3 is 12.6 Å². The third-order valence-electron chi connectivity index (χ3n) is 1.91. The average molecular weight is 285 g/mol. The molecule has 0 bridgehead atoms. The number of alkyl halides is 2. The maximum atomic E-state index is 12.0. The number of hydrogen-bond acceptors (Lipinski definition) is 3. The molecule has 0 radical (unpaired) electrons. The second-order valence-electron chi connectivity index (χ2n) is 2.98. The van der Waals surface area contributed by atoms with E-state index in [1.807, 2.05) is 0 Å². The summed E-state index contributed by atoms with van der Waals surface area (Å²) in [5, 5.41) is -0.163. The van der Waals surface area contributed by atoms with Crippen LogP contribution in [0.5, 0.6) is 5.75 Å². The van der Waals surface area contributed by atoms with Crippen LogP contribution in [0.2, 0.25) is 10.0 Å². The zero-order valence-electron chi connectivity index (χ0n) is 8.68. The standard InChI is InChI=1S/C10H8Cl2F2O3/c1-16-7(15)4-5-2-3-6(17-10(13)14)9(12)8(5)11/h2-3,10H,4H2,1H3. The second-order valence-corrected chi connectivity index (χ2v) is 3.74. The van der Waals surface area contributed by atoms with Gasteiger partial charge in [-0.2, -0.15) is 8.78 Å². The Labute approximate surface area is 106 Å². The summed E-state index contributed by atoms with van der Waals surface area (Å²) in [4.78, 5) is 11.0. The molecule has 3 nitrogen and oxygen atoms in total. The number of rotatable bonds is 4. The minimum absolute atomic E-state index is 0.00443. The maximum Gasteiger partial charge on any atom is 0.387 e. The normalized spacial score (nSPS) is 10.5. The van der Waals surface area contributed by atoms with E-state index in [0.717, 1.165) is 0 Å². The third-order valence-corrected chi connectivity index (χ3v) is 2.81. The number of methoxy groups -OCH3 is 1. The van der Waals surface area contributed by atoms with Gasteiger partial charge in [-0.1, -0.05) is 29.3 Å². The highest BCUT2D eigenvalue weighted by molar-refractivity contribution is 6.43. The first kappa shape index (κ1) is 14.0. The fourth-order valence-corrected chi connectivity index (χ4v) is 1.57. The molecule has 94 valence electrons. The topological polar surface area (TPSA) is 35.5 Å². The van der Waals surface area contributed by atoms with Crippen LogP contribution in [0, 0.1) is 0 Å². The van der Waals surface area contributed by atoms with Crippen molar-refractivity contribution in [1.82, 2.24) is 0 Å². The Hall–Kier alpha value is -1.07. The molecule has 0 N–H and O–H groups in total. The van der Waals surface area contributed by atoms with Crippen LogP contribution in [0.25, 0.3) is 0 Å². The Bertz CT molecular complexity index is 424. The predicted molar refractivity (Wildman–Crippen MR) is 58.8 cm³/mol. The molecule has 0 unspecified atom stereocenters. The summed E-state index contributed by atoms with van der Waals surface area (Å²) < 4.78 is 32.6. The second kappa shape index (κ2) is 6.02. The molecular formula is C10H8Cl2F2O3. The highest BCUT2D eigenvalue weighted by atomic mass is 35.5. The lowest BCUT2D eigenvalue weighted by Crippen LogP contribution is -2.06. The van der Waals surface area contributed by atoms with E-state index in [9.17, 15) is 13.6 Å². The van der Waals surface area contributed by atoms with Crippen molar-refractivity contribution in [2.24, 2.45) is 0 Å². The van der Waals surface area contributed by atoms with E-state index >= 15 is 0 Å². The summed E-state index contributed by atoms with van der Waals surface area (Å²) in [6.45, 7) is -2.99. The molecule has 1 rings (SSSR count). The number of halogens is 4. The van der Waals surface area contributed by atoms with Gasteiger partial charge in [0.05, 0.1) is 18.6 Å². The molecule has 0 heterocycles. The summed E-state index contributed by atoms with van der Waals surface area (Å²) in [5.41, 5.74) is 0.380. The van der Waals surface area contributed by atoms with Gasteiger partial charge in [0, 0.05) is 0 Å². The van der Waals surface area contributed by atoms with Gasteiger partial charge in [0.15, 0.2) is 0 Å². The van der Waals surface area contributed by atoms with Crippen molar-refractivity contribution >= 4 is 29.2 Å². The summed E-state index contributed by atoms with van der Waals surface area (Å²) in [7, 11) is 1.23. The number of carbonyl (C=O) groups is 1. The van der Waals surface area contributed by atoms with Crippen LogP contribution in [0.1, 0.15) is 5.56 Å². The Morgan fingerprint density at radius 3 is 2.53 bits per heavy atom. The predicted octanol–water partition coefficient (Wildman–Crippen LogP) is 3.31. The highest BCUT2D eigenvalue weighted by Crippen LogP contribution is 2.35. The van der Waals surface area contributed by atoms with Crippen LogP contribution in [0.3, 0.4) is 0 Å². The van der Waals surface area contributed by atoms with Gasteiger partial charge in [0.1, 0.15) is 10.8 Å². The molecule has 0 aromatic heterocycles. The number of benzene rings is 1. The monoisotopic (exact) mass is 284 g/mol. The molecule has 0 aliphatic heterocycles. The van der Waals surface area contributed by atoms with Crippen molar-refractivity contribution in [2.75, 3.05) is 7.11 Å². The Morgan fingerprint density at radius 2 is 2.00 bits per heavy atom. The zero-order chi connectivity index (χ0) is 13.0. The van der Waals surface area contributed by atoms with Crippen molar-refractivity contribution < 1.29 is 23.0 Å². The van der Waals surface area contributed by atoms with E-state index in [0.29, 0.717) is 5.56 Å². The summed E-state index contributed by atoms with van der Waals surface area (Å²) in [6.07, 6.45) is -0.0932. The smallest absolute Gasteiger partial charge is 0.387 e. The summed E-state index contributed by atoms with van der Waals surface area (Å²) in [5.74, 6) is -0.745. The van der Waals surface area contributed by atoms with Crippen LogP contribution >= 0.6 is 23.2 Å². The molecule has 0 fully saturated rings. The number of carbonyl (C=O) groups excluding carboxylic acids is 1. The van der Waals surface area contributed by atoms with E-state index < -0.39 is 12.6 Å². The van der Waals surface area contributed by atoms with Crippen LogP contribution in [0.15, 0.2) is 12.1 Å². The molecule has 1 aromatic rings. The van der Waals surface area contributed by atoms with Crippen LogP contribution < -0.4 is 4.74 Å². The lowest BCUT2D eigenvalue weighted by Gasteiger charge is -2.10. The van der Waals surface area contributed by atoms with E-state index in [2.05, 4.69) is 9.47 Å². The number of hydrogen-bond donors (Lipinski definition) is 0. The van der Waals surface area contributed by atoms with Crippen molar-refractivity contribution in [3.8, 4) is 5.75 Å². The Morgan fingerprint density at radius 1 is 1.35 bits per heavy atom. The van der Waals surface area contributed by atoms with Gasteiger partial charge in [-0.25, -0.2) is 0 Å². The molecule has 0 atom stereocenters. The number of ether oxygens (including phenoxy) is 2. The first-order chi connectivity index (χ1) is 7.95. The van der Waals surface area contributed by atoms with Gasteiger partial charge in [-0.05, 0) is 11.6 Å². The van der Waals surface area contributed by atoms with Gasteiger partial charge in [0.2, 0.25) is 0 Å². The lowest BCUT2D eigenvalue weighted by molar-refractivity contribution is -0.139. The molecule has 17 heavy (non-hydrogen) atoms. The Balaban J connectivity index is 2.98. The van der Waals surface area contributed by atoms with Crippen molar-refractivity contribution in [2.45, 2.75) is 13.0 Å². The highest BCUT2D eigenvalue weighted by Gasteiger charge is 2.16. The summed E-state index contributed by atoms with van der Waals surface area (Å²) >= 11 is 11.5. The molecular weight excluding hydrogens is 277 g/mol. The molecule has 7 heteroatoms. The van der Waals surface area contributed by atoms with Gasteiger partial charge < -0.3 is 9.47 Å². The third kappa shape index (κ3) is 3.71. The molecule has 0 saturated carbocycles. The molecule has 0 saturated heterocycles. The first-order valence-corrected chi connectivity index (χ1v) is 5.19. The fraction of sp³-hybridized carbons (Fsp3) is 0.300. The van der Waals surface area contributed by atoms with E-state index in [4.69, 9.17) is 23.2 Å². The van der Waals surface area contributed by atoms with Gasteiger partial charge in [-0.3, -0.25) is 4.79 Å². The fourth-order valence-electron chi connectivity index (χ4n) is 1.12. The lowest BCUT2D eigenvalue weighted by atomic mass is 10.1. The average Bonchev–Trinajstić information content (AvgIpc) is 2.28. The molecule has 0 aliphatic carbocycles. The maximum absolute atomic E-state index is 12.0. The van der Waals surface area contributed by atoms with Gasteiger partial charge in [0.25, 0.3) is 0 Å². The zero-order valence-corrected chi connectivity index (χ0v) is 10.2. The minimum atomic E-state index is -2.99. The Kier molecular flexibility index (Phi) is 4.96. The number of esters is 1. The van der Waals surface area contributed by atoms with Crippen molar-refractivity contribution in [3.05, 3.63) is 27.7 Å². The molecule has 0 aliphatic rings. The van der Waals surface area contributed by atoms with Gasteiger partial charge in [-0.15, -0.1) is 0 Å². The SMILES string of the molecule is COC(=O)Cc1ccc(OC(F)F)c(Cl)c1Cl. The van der Waals surface area contributed by atoms with Crippen LogP contribution in [0.4, 0.5) is 8.78 Å². The van der Waals surface area contributed by atoms with Crippen LogP contribution in [-0.2, 0) is 16.0 Å².